The first-order valence-electron chi connectivity index (χ1n) is 5.33. The molecule has 2 aromatic rings. The maximum absolute atomic E-state index is 6.06. The topological polar surface area (TPSA) is 52.0 Å². The van der Waals surface area contributed by atoms with Crippen molar-refractivity contribution in [2.75, 3.05) is 0 Å². The summed E-state index contributed by atoms with van der Waals surface area (Å²) in [7, 11) is 0. The van der Waals surface area contributed by atoms with Gasteiger partial charge in [-0.15, -0.1) is 0 Å². The molecule has 2 N–H and O–H groups in total. The normalized spacial score (nSPS) is 20.4. The summed E-state index contributed by atoms with van der Waals surface area (Å²) in [5.41, 5.74) is 8.34. The second-order valence-corrected chi connectivity index (χ2v) is 4.49. The molecule has 3 rings (SSSR count). The zero-order valence-corrected chi connectivity index (χ0v) is 8.73. The maximum Gasteiger partial charge on any atom is 0.170 e. The van der Waals surface area contributed by atoms with Crippen LogP contribution in [0.5, 0.6) is 0 Å². The Kier molecular flexibility index (Phi) is 1.68. The van der Waals surface area contributed by atoms with Crippen molar-refractivity contribution in [3.63, 3.8) is 0 Å². The fourth-order valence-electron chi connectivity index (χ4n) is 2.39. The van der Waals surface area contributed by atoms with Crippen molar-refractivity contribution in [2.45, 2.75) is 31.2 Å². The van der Waals surface area contributed by atoms with Gasteiger partial charge in [0.05, 0.1) is 6.20 Å². The van der Waals surface area contributed by atoms with E-state index in [1.54, 1.807) is 6.20 Å². The van der Waals surface area contributed by atoms with E-state index >= 15 is 0 Å². The molecule has 1 aliphatic carbocycles. The summed E-state index contributed by atoms with van der Waals surface area (Å²) in [5.74, 6) is 0. The van der Waals surface area contributed by atoms with E-state index in [0.29, 0.717) is 0 Å². The minimum absolute atomic E-state index is 0.138. The van der Waals surface area contributed by atoms with Crippen LogP contribution >= 0.6 is 0 Å². The molecule has 3 nitrogen and oxygen atoms in total. The SMILES string of the molecule is CC(N)C1(c2cccc3cnoc23)CC1. The summed E-state index contributed by atoms with van der Waals surface area (Å²) >= 11 is 0. The average molecular weight is 202 g/mol. The first-order valence-corrected chi connectivity index (χ1v) is 5.33. The lowest BCUT2D eigenvalue weighted by Crippen LogP contribution is -2.31. The summed E-state index contributed by atoms with van der Waals surface area (Å²) in [4.78, 5) is 0. The highest BCUT2D eigenvalue weighted by Gasteiger charge is 2.49. The third-order valence-corrected chi connectivity index (χ3v) is 3.58. The number of aromatic nitrogens is 1. The zero-order chi connectivity index (χ0) is 10.5. The van der Waals surface area contributed by atoms with Gasteiger partial charge in [-0.3, -0.25) is 0 Å². The molecule has 1 saturated carbocycles. The Balaban J connectivity index is 2.23. The first-order chi connectivity index (χ1) is 7.24. The van der Waals surface area contributed by atoms with Gasteiger partial charge >= 0.3 is 0 Å². The van der Waals surface area contributed by atoms with E-state index in [0.717, 1.165) is 23.8 Å². The van der Waals surface area contributed by atoms with Gasteiger partial charge in [0.1, 0.15) is 0 Å². The molecule has 1 unspecified atom stereocenters. The van der Waals surface area contributed by atoms with Gasteiger partial charge in [0.15, 0.2) is 5.58 Å². The van der Waals surface area contributed by atoms with Crippen LogP contribution in [0.1, 0.15) is 25.3 Å². The Morgan fingerprint density at radius 1 is 1.47 bits per heavy atom. The molecule has 78 valence electrons. The molecule has 0 bridgehead atoms. The molecule has 1 fully saturated rings. The molecule has 1 aromatic carbocycles. The zero-order valence-electron chi connectivity index (χ0n) is 8.73. The lowest BCUT2D eigenvalue weighted by molar-refractivity contribution is 0.446. The second kappa shape index (κ2) is 2.83. The van der Waals surface area contributed by atoms with E-state index in [2.05, 4.69) is 24.2 Å². The summed E-state index contributed by atoms with van der Waals surface area (Å²) < 4.78 is 5.32. The van der Waals surface area contributed by atoms with E-state index in [1.807, 2.05) is 6.07 Å². The van der Waals surface area contributed by atoms with Crippen molar-refractivity contribution in [3.8, 4) is 0 Å². The van der Waals surface area contributed by atoms with E-state index in [4.69, 9.17) is 10.3 Å². The minimum Gasteiger partial charge on any atom is -0.356 e. The molecule has 3 heteroatoms. The van der Waals surface area contributed by atoms with Crippen LogP contribution in [0, 0.1) is 0 Å². The number of nitrogens with zero attached hydrogens (tertiary/aromatic N) is 1. The van der Waals surface area contributed by atoms with E-state index in [-0.39, 0.29) is 11.5 Å². The van der Waals surface area contributed by atoms with Crippen LogP contribution in [0.3, 0.4) is 0 Å². The highest BCUT2D eigenvalue weighted by Crippen LogP contribution is 2.52. The lowest BCUT2D eigenvalue weighted by atomic mass is 9.88. The Hall–Kier alpha value is -1.35. The molecule has 15 heavy (non-hydrogen) atoms. The predicted molar refractivity (Wildman–Crippen MR) is 58.6 cm³/mol. The van der Waals surface area contributed by atoms with Crippen LogP contribution in [0.2, 0.25) is 0 Å². The van der Waals surface area contributed by atoms with Crippen LogP contribution in [-0.2, 0) is 5.41 Å². The standard InChI is InChI=1S/C12H14N2O/c1-8(13)12(5-6-12)10-4-2-3-9-7-14-15-11(9)10/h2-4,7-8H,5-6,13H2,1H3. The van der Waals surface area contributed by atoms with Crippen LogP contribution < -0.4 is 5.73 Å². The quantitative estimate of drug-likeness (QED) is 0.812. The Morgan fingerprint density at radius 3 is 2.93 bits per heavy atom. The van der Waals surface area contributed by atoms with Crippen LogP contribution in [-0.4, -0.2) is 11.2 Å². The minimum atomic E-state index is 0.138. The van der Waals surface area contributed by atoms with Crippen molar-refractivity contribution in [2.24, 2.45) is 5.73 Å². The van der Waals surface area contributed by atoms with Crippen LogP contribution in [0.25, 0.3) is 11.0 Å². The lowest BCUT2D eigenvalue weighted by Gasteiger charge is -2.19. The van der Waals surface area contributed by atoms with Crippen LogP contribution in [0.4, 0.5) is 0 Å². The van der Waals surface area contributed by atoms with Gasteiger partial charge in [-0.05, 0) is 25.8 Å². The number of fused-ring (bicyclic) bond motifs is 1. The molecular weight excluding hydrogens is 188 g/mol. The summed E-state index contributed by atoms with van der Waals surface area (Å²) in [6, 6.07) is 6.36. The Bertz CT molecular complexity index is 497. The number of benzene rings is 1. The number of hydrogen-bond donors (Lipinski definition) is 1. The summed E-state index contributed by atoms with van der Waals surface area (Å²) in [6.07, 6.45) is 4.07. The van der Waals surface area contributed by atoms with Crippen LogP contribution in [0.15, 0.2) is 28.9 Å². The highest BCUT2D eigenvalue weighted by atomic mass is 16.5. The van der Waals surface area contributed by atoms with Gasteiger partial charge in [0.2, 0.25) is 0 Å². The molecule has 0 aliphatic heterocycles. The largest absolute Gasteiger partial charge is 0.356 e. The molecule has 0 radical (unpaired) electrons. The third-order valence-electron chi connectivity index (χ3n) is 3.58. The molecule has 1 heterocycles. The van der Waals surface area contributed by atoms with Gasteiger partial charge in [-0.2, -0.15) is 0 Å². The molecule has 1 aliphatic rings. The van der Waals surface area contributed by atoms with Gasteiger partial charge in [-0.1, -0.05) is 17.3 Å². The molecular formula is C12H14N2O. The fourth-order valence-corrected chi connectivity index (χ4v) is 2.39. The number of para-hydroxylation sites is 1. The van der Waals surface area contributed by atoms with E-state index < -0.39 is 0 Å². The van der Waals surface area contributed by atoms with E-state index in [9.17, 15) is 0 Å². The smallest absolute Gasteiger partial charge is 0.170 e. The number of hydrogen-bond acceptors (Lipinski definition) is 3. The van der Waals surface area contributed by atoms with Crippen molar-refractivity contribution < 1.29 is 4.52 Å². The maximum atomic E-state index is 6.06. The van der Waals surface area contributed by atoms with Gasteiger partial charge in [0.25, 0.3) is 0 Å². The monoisotopic (exact) mass is 202 g/mol. The van der Waals surface area contributed by atoms with Crippen molar-refractivity contribution in [1.29, 1.82) is 0 Å². The Morgan fingerprint density at radius 2 is 2.27 bits per heavy atom. The van der Waals surface area contributed by atoms with Gasteiger partial charge < -0.3 is 10.3 Å². The molecule has 0 amide bonds. The van der Waals surface area contributed by atoms with E-state index in [1.165, 1.54) is 5.56 Å². The highest BCUT2D eigenvalue weighted by molar-refractivity contribution is 5.81. The Labute approximate surface area is 88.2 Å². The summed E-state index contributed by atoms with van der Waals surface area (Å²) in [5, 5.41) is 4.92. The van der Waals surface area contributed by atoms with Crippen molar-refractivity contribution in [1.82, 2.24) is 5.16 Å². The van der Waals surface area contributed by atoms with Gasteiger partial charge in [-0.25, -0.2) is 0 Å². The predicted octanol–water partition coefficient (Wildman–Crippen LogP) is 2.21. The molecule has 0 spiro atoms. The number of rotatable bonds is 2. The number of nitrogens with two attached hydrogens (primary N) is 1. The fraction of sp³-hybridized carbons (Fsp3) is 0.417. The molecule has 1 atom stereocenters. The molecule has 1 aromatic heterocycles. The average Bonchev–Trinajstić information content (AvgIpc) is 2.89. The van der Waals surface area contributed by atoms with Gasteiger partial charge in [0, 0.05) is 22.4 Å². The second-order valence-electron chi connectivity index (χ2n) is 4.49. The van der Waals surface area contributed by atoms with Crippen molar-refractivity contribution in [3.05, 3.63) is 30.0 Å². The van der Waals surface area contributed by atoms with Crippen molar-refractivity contribution >= 4 is 11.0 Å². The third kappa shape index (κ3) is 1.13. The molecule has 0 saturated heterocycles. The summed E-state index contributed by atoms with van der Waals surface area (Å²) in [6.45, 7) is 2.07. The first kappa shape index (κ1) is 8.92.